The van der Waals surface area contributed by atoms with E-state index in [1.165, 1.54) is 11.3 Å². The van der Waals surface area contributed by atoms with E-state index >= 15 is 0 Å². The molecular weight excluding hydrogens is 364 g/mol. The lowest BCUT2D eigenvalue weighted by atomic mass is 10.3. The van der Waals surface area contributed by atoms with Crippen molar-refractivity contribution in [2.24, 2.45) is 0 Å². The summed E-state index contributed by atoms with van der Waals surface area (Å²) in [6.07, 6.45) is -0.612. The maximum Gasteiger partial charge on any atom is 0.266 e. The quantitative estimate of drug-likeness (QED) is 0.802. The van der Waals surface area contributed by atoms with Gasteiger partial charge in [0.1, 0.15) is 5.75 Å². The van der Waals surface area contributed by atoms with Crippen molar-refractivity contribution >= 4 is 49.9 Å². The summed E-state index contributed by atoms with van der Waals surface area (Å²) in [5.74, 6) is 0.719. The molecule has 0 bridgehead atoms. The van der Waals surface area contributed by atoms with Crippen LogP contribution in [0, 0.1) is 0 Å². The zero-order valence-corrected chi connectivity index (χ0v) is 13.8. The van der Waals surface area contributed by atoms with E-state index in [4.69, 9.17) is 16.3 Å². The number of aromatic nitrogens is 1. The van der Waals surface area contributed by atoms with Gasteiger partial charge in [-0.05, 0) is 31.2 Å². The average molecular weight is 376 g/mol. The predicted molar refractivity (Wildman–Crippen MR) is 84.5 cm³/mol. The van der Waals surface area contributed by atoms with E-state index in [0.29, 0.717) is 16.8 Å². The molecule has 0 spiro atoms. The van der Waals surface area contributed by atoms with Crippen LogP contribution in [0.15, 0.2) is 34.1 Å². The SMILES string of the molecule is CC(Oc1ccc(Br)cc1)C(=O)Nc1nc(CCl)cs1. The minimum atomic E-state index is -0.612. The molecule has 0 aliphatic heterocycles. The van der Waals surface area contributed by atoms with Gasteiger partial charge in [0.05, 0.1) is 11.6 Å². The molecule has 1 N–H and O–H groups in total. The largest absolute Gasteiger partial charge is 0.481 e. The van der Waals surface area contributed by atoms with Crippen LogP contribution in [-0.4, -0.2) is 17.0 Å². The molecule has 1 amide bonds. The summed E-state index contributed by atoms with van der Waals surface area (Å²) in [4.78, 5) is 16.1. The van der Waals surface area contributed by atoms with Crippen LogP contribution in [0.25, 0.3) is 0 Å². The lowest BCUT2D eigenvalue weighted by molar-refractivity contribution is -0.122. The van der Waals surface area contributed by atoms with Gasteiger partial charge in [-0.3, -0.25) is 10.1 Å². The molecule has 0 aliphatic rings. The van der Waals surface area contributed by atoms with Gasteiger partial charge >= 0.3 is 0 Å². The number of thiazole rings is 1. The number of hydrogen-bond donors (Lipinski definition) is 1. The van der Waals surface area contributed by atoms with E-state index in [1.54, 1.807) is 19.1 Å². The number of hydrogen-bond acceptors (Lipinski definition) is 4. The van der Waals surface area contributed by atoms with Gasteiger partial charge < -0.3 is 4.74 Å². The first kappa shape index (κ1) is 15.3. The Hall–Kier alpha value is -1.11. The highest BCUT2D eigenvalue weighted by Gasteiger charge is 2.16. The molecule has 1 heterocycles. The van der Waals surface area contributed by atoms with Crippen LogP contribution in [0.5, 0.6) is 5.75 Å². The van der Waals surface area contributed by atoms with Crippen LogP contribution >= 0.6 is 38.9 Å². The van der Waals surface area contributed by atoms with Gasteiger partial charge in [-0.2, -0.15) is 0 Å². The van der Waals surface area contributed by atoms with E-state index in [0.717, 1.165) is 10.2 Å². The second-order valence-electron chi connectivity index (χ2n) is 3.98. The van der Waals surface area contributed by atoms with Crippen molar-refractivity contribution in [3.8, 4) is 5.75 Å². The van der Waals surface area contributed by atoms with Crippen LogP contribution in [-0.2, 0) is 10.7 Å². The summed E-state index contributed by atoms with van der Waals surface area (Å²) in [5, 5.41) is 5.04. The number of amides is 1. The zero-order chi connectivity index (χ0) is 14.5. The Kier molecular flexibility index (Phi) is 5.39. The van der Waals surface area contributed by atoms with Crippen LogP contribution in [0.2, 0.25) is 0 Å². The fourth-order valence-corrected chi connectivity index (χ4v) is 2.61. The van der Waals surface area contributed by atoms with Gasteiger partial charge in [-0.25, -0.2) is 4.98 Å². The summed E-state index contributed by atoms with van der Waals surface area (Å²) in [7, 11) is 0. The minimum Gasteiger partial charge on any atom is -0.481 e. The number of nitrogens with one attached hydrogen (secondary N) is 1. The molecule has 0 saturated carbocycles. The fourth-order valence-electron chi connectivity index (χ4n) is 1.40. The second-order valence-corrected chi connectivity index (χ2v) is 6.02. The average Bonchev–Trinajstić information content (AvgIpc) is 2.89. The van der Waals surface area contributed by atoms with E-state index < -0.39 is 6.10 Å². The first-order chi connectivity index (χ1) is 9.58. The molecule has 4 nitrogen and oxygen atoms in total. The monoisotopic (exact) mass is 374 g/mol. The highest BCUT2D eigenvalue weighted by Crippen LogP contribution is 2.19. The third-order valence-electron chi connectivity index (χ3n) is 2.41. The van der Waals surface area contributed by atoms with Crippen molar-refractivity contribution in [1.29, 1.82) is 0 Å². The van der Waals surface area contributed by atoms with Crippen molar-refractivity contribution in [3.05, 3.63) is 39.8 Å². The molecular formula is C13H12BrClN2O2S. The standard InChI is InChI=1S/C13H12BrClN2O2S/c1-8(19-11-4-2-9(14)3-5-11)12(18)17-13-16-10(6-15)7-20-13/h2-5,7-8H,6H2,1H3,(H,16,17,18). The van der Waals surface area contributed by atoms with Gasteiger partial charge in [0.15, 0.2) is 11.2 Å². The molecule has 2 aromatic rings. The summed E-state index contributed by atoms with van der Waals surface area (Å²) in [5.41, 5.74) is 0.744. The molecule has 1 unspecified atom stereocenters. The minimum absolute atomic E-state index is 0.247. The molecule has 0 aliphatic carbocycles. The second kappa shape index (κ2) is 7.06. The maximum atomic E-state index is 12.0. The Morgan fingerprint density at radius 3 is 2.80 bits per heavy atom. The Morgan fingerprint density at radius 1 is 1.50 bits per heavy atom. The normalized spacial score (nSPS) is 11.9. The highest BCUT2D eigenvalue weighted by atomic mass is 79.9. The first-order valence-electron chi connectivity index (χ1n) is 5.82. The number of carbonyl (C=O) groups is 1. The molecule has 106 valence electrons. The Bertz CT molecular complexity index is 588. The van der Waals surface area contributed by atoms with E-state index in [-0.39, 0.29) is 5.91 Å². The maximum absolute atomic E-state index is 12.0. The van der Waals surface area contributed by atoms with Crippen molar-refractivity contribution in [1.82, 2.24) is 4.98 Å². The van der Waals surface area contributed by atoms with Gasteiger partial charge in [-0.1, -0.05) is 15.9 Å². The predicted octanol–water partition coefficient (Wildman–Crippen LogP) is 4.05. The molecule has 0 radical (unpaired) electrons. The van der Waals surface area contributed by atoms with Crippen molar-refractivity contribution in [3.63, 3.8) is 0 Å². The fraction of sp³-hybridized carbons (Fsp3) is 0.231. The molecule has 1 atom stereocenters. The molecule has 20 heavy (non-hydrogen) atoms. The summed E-state index contributed by atoms with van der Waals surface area (Å²) >= 11 is 10.3. The molecule has 1 aromatic carbocycles. The molecule has 7 heteroatoms. The summed E-state index contributed by atoms with van der Waals surface area (Å²) in [6, 6.07) is 7.30. The Morgan fingerprint density at radius 2 is 2.20 bits per heavy atom. The van der Waals surface area contributed by atoms with E-state index in [9.17, 15) is 4.79 Å². The Labute approximate surface area is 134 Å². The third-order valence-corrected chi connectivity index (χ3v) is 4.02. The van der Waals surface area contributed by atoms with Crippen LogP contribution in [0.1, 0.15) is 12.6 Å². The first-order valence-corrected chi connectivity index (χ1v) is 8.02. The van der Waals surface area contributed by atoms with Crippen LogP contribution in [0.4, 0.5) is 5.13 Å². The Balaban J connectivity index is 1.93. The van der Waals surface area contributed by atoms with Gasteiger partial charge in [0.2, 0.25) is 0 Å². The molecule has 0 fully saturated rings. The van der Waals surface area contributed by atoms with Gasteiger partial charge in [0, 0.05) is 9.85 Å². The number of nitrogens with zero attached hydrogens (tertiary/aromatic N) is 1. The van der Waals surface area contributed by atoms with E-state index in [1.807, 2.05) is 17.5 Å². The summed E-state index contributed by atoms with van der Waals surface area (Å²) < 4.78 is 6.51. The number of halogens is 2. The number of alkyl halides is 1. The number of carbonyl (C=O) groups excluding carboxylic acids is 1. The molecule has 0 saturated heterocycles. The lowest BCUT2D eigenvalue weighted by Gasteiger charge is -2.13. The number of anilines is 1. The summed E-state index contributed by atoms with van der Waals surface area (Å²) in [6.45, 7) is 1.69. The lowest BCUT2D eigenvalue weighted by Crippen LogP contribution is -2.30. The van der Waals surface area contributed by atoms with Crippen molar-refractivity contribution in [2.45, 2.75) is 18.9 Å². The zero-order valence-electron chi connectivity index (χ0n) is 10.6. The van der Waals surface area contributed by atoms with Crippen molar-refractivity contribution < 1.29 is 9.53 Å². The third kappa shape index (κ3) is 4.19. The van der Waals surface area contributed by atoms with Crippen molar-refractivity contribution in [2.75, 3.05) is 5.32 Å². The number of rotatable bonds is 5. The van der Waals surface area contributed by atoms with Crippen LogP contribution < -0.4 is 10.1 Å². The molecule has 1 aromatic heterocycles. The number of ether oxygens (including phenoxy) is 1. The molecule has 2 rings (SSSR count). The number of benzene rings is 1. The topological polar surface area (TPSA) is 51.2 Å². The van der Waals surface area contributed by atoms with E-state index in [2.05, 4.69) is 26.2 Å². The highest BCUT2D eigenvalue weighted by molar-refractivity contribution is 9.10. The van der Waals surface area contributed by atoms with Gasteiger partial charge in [-0.15, -0.1) is 22.9 Å². The van der Waals surface area contributed by atoms with Gasteiger partial charge in [0.25, 0.3) is 5.91 Å². The smallest absolute Gasteiger partial charge is 0.266 e. The van der Waals surface area contributed by atoms with Crippen LogP contribution in [0.3, 0.4) is 0 Å².